The number of ether oxygens (including phenoxy) is 1. The molecular weight excluding hydrogens is 352 g/mol. The smallest absolute Gasteiger partial charge is 0.135 e. The fourth-order valence-corrected chi connectivity index (χ4v) is 3.30. The van der Waals surface area contributed by atoms with Crippen molar-refractivity contribution in [2.75, 3.05) is 0 Å². The molecule has 0 radical (unpaired) electrons. The van der Waals surface area contributed by atoms with Crippen LogP contribution in [0.3, 0.4) is 0 Å². The molecule has 1 heteroatoms. The Hall–Kier alpha value is -3.84. The summed E-state index contributed by atoms with van der Waals surface area (Å²) >= 11 is 0. The maximum Gasteiger partial charge on any atom is 0.135 e. The van der Waals surface area contributed by atoms with Gasteiger partial charge in [-0.15, -0.1) is 0 Å². The molecule has 0 unspecified atom stereocenters. The molecule has 140 valence electrons. The Kier molecular flexibility index (Phi) is 5.40. The van der Waals surface area contributed by atoms with Crippen molar-refractivity contribution in [2.24, 2.45) is 0 Å². The molecule has 4 aromatic carbocycles. The maximum atomic E-state index is 6.42. The predicted octanol–water partition coefficient (Wildman–Crippen LogP) is 8.10. The second kappa shape index (κ2) is 8.45. The van der Waals surface area contributed by atoms with Gasteiger partial charge in [0.05, 0.1) is 0 Å². The van der Waals surface area contributed by atoms with Crippen LogP contribution < -0.4 is 4.74 Å². The van der Waals surface area contributed by atoms with Gasteiger partial charge in [0.25, 0.3) is 0 Å². The molecular formula is C28H22O. The van der Waals surface area contributed by atoms with E-state index in [-0.39, 0.29) is 0 Å². The van der Waals surface area contributed by atoms with Crippen molar-refractivity contribution in [3.63, 3.8) is 0 Å². The third-order valence-electron chi connectivity index (χ3n) is 4.91. The summed E-state index contributed by atoms with van der Waals surface area (Å²) in [6.45, 7) is 7.65. The van der Waals surface area contributed by atoms with E-state index >= 15 is 0 Å². The lowest BCUT2D eigenvalue weighted by molar-refractivity contribution is 0.486. The van der Waals surface area contributed by atoms with Gasteiger partial charge in [0.15, 0.2) is 0 Å². The average Bonchev–Trinajstić information content (AvgIpc) is 2.80. The highest BCUT2D eigenvalue weighted by Crippen LogP contribution is 2.38. The topological polar surface area (TPSA) is 9.23 Å². The molecule has 0 bridgehead atoms. The van der Waals surface area contributed by atoms with Crippen molar-refractivity contribution < 1.29 is 4.74 Å². The Morgan fingerprint density at radius 3 is 1.24 bits per heavy atom. The third kappa shape index (κ3) is 4.04. The van der Waals surface area contributed by atoms with Crippen LogP contribution in [0.2, 0.25) is 0 Å². The monoisotopic (exact) mass is 374 g/mol. The molecule has 4 rings (SSSR count). The molecule has 0 fully saturated rings. The van der Waals surface area contributed by atoms with Crippen LogP contribution >= 0.6 is 0 Å². The van der Waals surface area contributed by atoms with E-state index in [0.29, 0.717) is 0 Å². The minimum atomic E-state index is 0.828. The Morgan fingerprint density at radius 1 is 0.483 bits per heavy atom. The van der Waals surface area contributed by atoms with Crippen LogP contribution in [0, 0.1) is 0 Å². The average molecular weight is 374 g/mol. The minimum Gasteiger partial charge on any atom is -0.456 e. The standard InChI is InChI=1S/C28H22O/c1-3-21-13-17-23(18-14-21)25-9-5-7-11-27(25)29-28-12-8-6-10-26(28)24-19-15-22(4-2)16-20-24/h3-20H,1-2H2. The molecule has 4 aromatic rings. The molecule has 0 heterocycles. The van der Waals surface area contributed by atoms with E-state index in [4.69, 9.17) is 4.74 Å². The van der Waals surface area contributed by atoms with Crippen LogP contribution in [-0.2, 0) is 0 Å². The lowest BCUT2D eigenvalue weighted by Crippen LogP contribution is -1.91. The van der Waals surface area contributed by atoms with Crippen LogP contribution in [0.5, 0.6) is 11.5 Å². The van der Waals surface area contributed by atoms with Gasteiger partial charge in [0.1, 0.15) is 11.5 Å². The summed E-state index contributed by atoms with van der Waals surface area (Å²) in [5.41, 5.74) is 6.53. The molecule has 0 saturated carbocycles. The largest absolute Gasteiger partial charge is 0.456 e. The van der Waals surface area contributed by atoms with E-state index in [1.54, 1.807) is 0 Å². The van der Waals surface area contributed by atoms with Crippen molar-refractivity contribution in [1.29, 1.82) is 0 Å². The Balaban J connectivity index is 1.72. The van der Waals surface area contributed by atoms with E-state index in [2.05, 4.69) is 73.8 Å². The van der Waals surface area contributed by atoms with Gasteiger partial charge in [0, 0.05) is 11.1 Å². The van der Waals surface area contributed by atoms with Crippen LogP contribution in [0.25, 0.3) is 34.4 Å². The SMILES string of the molecule is C=Cc1ccc(-c2ccccc2Oc2ccccc2-c2ccc(C=C)cc2)cc1. The first-order valence-corrected chi connectivity index (χ1v) is 9.60. The Bertz CT molecular complexity index is 1040. The summed E-state index contributed by atoms with van der Waals surface area (Å²) in [5, 5.41) is 0. The van der Waals surface area contributed by atoms with E-state index in [0.717, 1.165) is 44.9 Å². The molecule has 0 aliphatic rings. The molecule has 29 heavy (non-hydrogen) atoms. The van der Waals surface area contributed by atoms with Gasteiger partial charge in [-0.05, 0) is 34.4 Å². The van der Waals surface area contributed by atoms with Crippen LogP contribution in [-0.4, -0.2) is 0 Å². The molecule has 1 nitrogen and oxygen atoms in total. The second-order valence-corrected chi connectivity index (χ2v) is 6.75. The number of hydrogen-bond donors (Lipinski definition) is 0. The number of rotatable bonds is 6. The summed E-state index contributed by atoms with van der Waals surface area (Å²) in [5.74, 6) is 1.66. The van der Waals surface area contributed by atoms with Crippen molar-refractivity contribution in [2.45, 2.75) is 0 Å². The Morgan fingerprint density at radius 2 is 0.862 bits per heavy atom. The Labute approximate surface area is 172 Å². The quantitative estimate of drug-likeness (QED) is 0.331. The second-order valence-electron chi connectivity index (χ2n) is 6.75. The van der Waals surface area contributed by atoms with Crippen molar-refractivity contribution >= 4 is 12.2 Å². The molecule has 0 aromatic heterocycles. The number of benzene rings is 4. The zero-order valence-electron chi connectivity index (χ0n) is 16.2. The van der Waals surface area contributed by atoms with Gasteiger partial charge < -0.3 is 4.74 Å². The van der Waals surface area contributed by atoms with Crippen LogP contribution in [0.15, 0.2) is 110 Å². The summed E-state index contributed by atoms with van der Waals surface area (Å²) < 4.78 is 6.42. The molecule has 0 aliphatic carbocycles. The molecule has 0 aliphatic heterocycles. The number of para-hydroxylation sites is 2. The van der Waals surface area contributed by atoms with Crippen LogP contribution in [0.4, 0.5) is 0 Å². The molecule has 0 atom stereocenters. The lowest BCUT2D eigenvalue weighted by atomic mass is 10.0. The zero-order chi connectivity index (χ0) is 20.1. The summed E-state index contributed by atoms with van der Waals surface area (Å²) in [4.78, 5) is 0. The first-order valence-electron chi connectivity index (χ1n) is 9.60. The van der Waals surface area contributed by atoms with Gasteiger partial charge in [-0.25, -0.2) is 0 Å². The minimum absolute atomic E-state index is 0.828. The third-order valence-corrected chi connectivity index (χ3v) is 4.91. The molecule has 0 amide bonds. The maximum absolute atomic E-state index is 6.42. The van der Waals surface area contributed by atoms with Gasteiger partial charge in [0.2, 0.25) is 0 Å². The normalized spacial score (nSPS) is 10.3. The highest BCUT2D eigenvalue weighted by Gasteiger charge is 2.11. The van der Waals surface area contributed by atoms with Crippen molar-refractivity contribution in [1.82, 2.24) is 0 Å². The fraction of sp³-hybridized carbons (Fsp3) is 0. The predicted molar refractivity (Wildman–Crippen MR) is 124 cm³/mol. The lowest BCUT2D eigenvalue weighted by Gasteiger charge is -2.15. The van der Waals surface area contributed by atoms with E-state index in [1.165, 1.54) is 0 Å². The van der Waals surface area contributed by atoms with Crippen molar-refractivity contribution in [3.8, 4) is 33.8 Å². The van der Waals surface area contributed by atoms with Crippen LogP contribution in [0.1, 0.15) is 11.1 Å². The molecule has 0 saturated heterocycles. The van der Waals surface area contributed by atoms with Gasteiger partial charge in [-0.1, -0.05) is 110 Å². The summed E-state index contributed by atoms with van der Waals surface area (Å²) in [7, 11) is 0. The molecule has 0 N–H and O–H groups in total. The summed E-state index contributed by atoms with van der Waals surface area (Å²) in [6.07, 6.45) is 3.69. The van der Waals surface area contributed by atoms with E-state index < -0.39 is 0 Å². The van der Waals surface area contributed by atoms with Crippen molar-refractivity contribution in [3.05, 3.63) is 121 Å². The highest BCUT2D eigenvalue weighted by atomic mass is 16.5. The highest BCUT2D eigenvalue weighted by molar-refractivity contribution is 5.75. The van der Waals surface area contributed by atoms with E-state index in [9.17, 15) is 0 Å². The van der Waals surface area contributed by atoms with E-state index in [1.807, 2.05) is 48.6 Å². The van der Waals surface area contributed by atoms with Gasteiger partial charge in [-0.3, -0.25) is 0 Å². The molecule has 0 spiro atoms. The number of hydrogen-bond acceptors (Lipinski definition) is 1. The summed E-state index contributed by atoms with van der Waals surface area (Å²) in [6, 6.07) is 32.9. The first kappa shape index (κ1) is 18.5. The van der Waals surface area contributed by atoms with Gasteiger partial charge >= 0.3 is 0 Å². The van der Waals surface area contributed by atoms with Gasteiger partial charge in [-0.2, -0.15) is 0 Å². The fourth-order valence-electron chi connectivity index (χ4n) is 3.30. The zero-order valence-corrected chi connectivity index (χ0v) is 16.2. The first-order chi connectivity index (χ1) is 14.3.